The number of sulfone groups is 1. The Balaban J connectivity index is 2.90. The maximum absolute atomic E-state index is 12.0. The van der Waals surface area contributed by atoms with Crippen molar-refractivity contribution in [2.75, 3.05) is 5.75 Å². The highest BCUT2D eigenvalue weighted by molar-refractivity contribution is 7.91. The standard InChI is InChI=1S/C12H18O5S2/c1-2-3-4-5-9-18(13,14)11-7-6-8-12(10-11)19(15,16)17/h6-8,10H,2-5,9H2,1H3,(H,15,16,17). The number of hydrogen-bond donors (Lipinski definition) is 1. The van der Waals surface area contributed by atoms with Gasteiger partial charge < -0.3 is 0 Å². The van der Waals surface area contributed by atoms with Crippen molar-refractivity contribution < 1.29 is 21.4 Å². The SMILES string of the molecule is CCCCCCS(=O)(=O)c1cccc(S(=O)(=O)O)c1. The maximum Gasteiger partial charge on any atom is 0.294 e. The number of unbranched alkanes of at least 4 members (excludes halogenated alkanes) is 3. The zero-order valence-electron chi connectivity index (χ0n) is 10.7. The van der Waals surface area contributed by atoms with E-state index in [1.165, 1.54) is 12.1 Å². The number of rotatable bonds is 7. The smallest absolute Gasteiger partial charge is 0.282 e. The topological polar surface area (TPSA) is 88.5 Å². The predicted octanol–water partition coefficient (Wildman–Crippen LogP) is 2.29. The summed E-state index contributed by atoms with van der Waals surface area (Å²) in [5, 5.41) is 0. The Labute approximate surface area is 114 Å². The normalized spacial score (nSPS) is 12.5. The molecule has 1 aromatic rings. The molecular formula is C12H18O5S2. The van der Waals surface area contributed by atoms with Crippen molar-refractivity contribution in [2.24, 2.45) is 0 Å². The minimum Gasteiger partial charge on any atom is -0.282 e. The largest absolute Gasteiger partial charge is 0.294 e. The molecule has 0 fully saturated rings. The van der Waals surface area contributed by atoms with E-state index in [2.05, 4.69) is 0 Å². The summed E-state index contributed by atoms with van der Waals surface area (Å²) in [6, 6.07) is 4.79. The van der Waals surface area contributed by atoms with Crippen LogP contribution < -0.4 is 0 Å². The summed E-state index contributed by atoms with van der Waals surface area (Å²) in [5.74, 6) is -0.0120. The van der Waals surface area contributed by atoms with E-state index < -0.39 is 24.9 Å². The van der Waals surface area contributed by atoms with E-state index in [0.717, 1.165) is 31.4 Å². The van der Waals surface area contributed by atoms with Crippen LogP contribution in [0.2, 0.25) is 0 Å². The fraction of sp³-hybridized carbons (Fsp3) is 0.500. The monoisotopic (exact) mass is 306 g/mol. The predicted molar refractivity (Wildman–Crippen MR) is 72.5 cm³/mol. The van der Waals surface area contributed by atoms with Gasteiger partial charge in [-0.25, -0.2) is 8.42 Å². The van der Waals surface area contributed by atoms with Crippen LogP contribution in [-0.2, 0) is 20.0 Å². The highest BCUT2D eigenvalue weighted by Crippen LogP contribution is 2.18. The zero-order valence-corrected chi connectivity index (χ0v) is 12.4. The molecule has 0 radical (unpaired) electrons. The van der Waals surface area contributed by atoms with Crippen molar-refractivity contribution in [2.45, 2.75) is 42.4 Å². The highest BCUT2D eigenvalue weighted by Gasteiger charge is 2.17. The molecule has 0 atom stereocenters. The van der Waals surface area contributed by atoms with Gasteiger partial charge in [0.25, 0.3) is 10.1 Å². The number of hydrogen-bond acceptors (Lipinski definition) is 4. The molecule has 0 aliphatic heterocycles. The van der Waals surface area contributed by atoms with Gasteiger partial charge in [-0.1, -0.05) is 32.3 Å². The molecule has 0 spiro atoms. The average molecular weight is 306 g/mol. The van der Waals surface area contributed by atoms with Crippen LogP contribution in [0.1, 0.15) is 32.6 Å². The Hall–Kier alpha value is -0.920. The van der Waals surface area contributed by atoms with Crippen LogP contribution in [0.25, 0.3) is 0 Å². The Morgan fingerprint density at radius 2 is 1.63 bits per heavy atom. The fourth-order valence-corrected chi connectivity index (χ4v) is 3.68. The van der Waals surface area contributed by atoms with Gasteiger partial charge >= 0.3 is 0 Å². The molecule has 5 nitrogen and oxygen atoms in total. The minimum atomic E-state index is -4.38. The van der Waals surface area contributed by atoms with Crippen LogP contribution in [0.15, 0.2) is 34.1 Å². The van der Waals surface area contributed by atoms with Gasteiger partial charge in [-0.05, 0) is 24.6 Å². The van der Waals surface area contributed by atoms with Gasteiger partial charge in [-0.15, -0.1) is 0 Å². The molecule has 0 unspecified atom stereocenters. The van der Waals surface area contributed by atoms with Crippen molar-refractivity contribution in [3.8, 4) is 0 Å². The fourth-order valence-electron chi connectivity index (χ4n) is 1.66. The molecule has 0 saturated heterocycles. The van der Waals surface area contributed by atoms with Crippen molar-refractivity contribution in [3.05, 3.63) is 24.3 Å². The van der Waals surface area contributed by atoms with Gasteiger partial charge in [-0.2, -0.15) is 8.42 Å². The average Bonchev–Trinajstić information content (AvgIpc) is 2.34. The lowest BCUT2D eigenvalue weighted by Gasteiger charge is -2.05. The molecule has 1 aromatic carbocycles. The van der Waals surface area contributed by atoms with Gasteiger partial charge in [0.15, 0.2) is 9.84 Å². The second-order valence-electron chi connectivity index (χ2n) is 4.33. The Morgan fingerprint density at radius 3 is 2.21 bits per heavy atom. The first-order valence-electron chi connectivity index (χ1n) is 6.07. The molecule has 0 bridgehead atoms. The Kier molecular flexibility index (Phi) is 5.51. The van der Waals surface area contributed by atoms with Crippen molar-refractivity contribution >= 4 is 20.0 Å². The third kappa shape index (κ3) is 4.93. The third-order valence-corrected chi connectivity index (χ3v) is 5.38. The summed E-state index contributed by atoms with van der Waals surface area (Å²) in [6.07, 6.45) is 3.36. The van der Waals surface area contributed by atoms with E-state index in [1.54, 1.807) is 0 Å². The van der Waals surface area contributed by atoms with Crippen LogP contribution in [0.3, 0.4) is 0 Å². The van der Waals surface area contributed by atoms with Gasteiger partial charge in [0.05, 0.1) is 15.5 Å². The van der Waals surface area contributed by atoms with E-state index in [0.29, 0.717) is 6.42 Å². The Morgan fingerprint density at radius 1 is 1.00 bits per heavy atom. The van der Waals surface area contributed by atoms with E-state index in [4.69, 9.17) is 4.55 Å². The van der Waals surface area contributed by atoms with Crippen LogP contribution in [0.4, 0.5) is 0 Å². The van der Waals surface area contributed by atoms with Gasteiger partial charge in [0, 0.05) is 0 Å². The quantitative estimate of drug-likeness (QED) is 0.616. The number of benzene rings is 1. The molecule has 0 aliphatic carbocycles. The summed E-state index contributed by atoms with van der Waals surface area (Å²) in [7, 11) is -7.88. The lowest BCUT2D eigenvalue weighted by Crippen LogP contribution is -2.08. The van der Waals surface area contributed by atoms with Crippen LogP contribution in [0.5, 0.6) is 0 Å². The van der Waals surface area contributed by atoms with Crippen molar-refractivity contribution in [1.82, 2.24) is 0 Å². The molecule has 7 heteroatoms. The first kappa shape index (κ1) is 16.1. The molecule has 1 N–H and O–H groups in total. The van der Waals surface area contributed by atoms with E-state index in [9.17, 15) is 16.8 Å². The van der Waals surface area contributed by atoms with Crippen LogP contribution >= 0.6 is 0 Å². The maximum atomic E-state index is 12.0. The van der Waals surface area contributed by atoms with Gasteiger partial charge in [-0.3, -0.25) is 4.55 Å². The van der Waals surface area contributed by atoms with Crippen LogP contribution in [-0.4, -0.2) is 27.1 Å². The molecule has 0 aliphatic rings. The molecule has 19 heavy (non-hydrogen) atoms. The summed E-state index contributed by atoms with van der Waals surface area (Å²) in [5.41, 5.74) is 0. The lowest BCUT2D eigenvalue weighted by atomic mass is 10.2. The van der Waals surface area contributed by atoms with E-state index in [1.807, 2.05) is 6.92 Å². The van der Waals surface area contributed by atoms with Gasteiger partial charge in [0.2, 0.25) is 0 Å². The molecule has 108 valence electrons. The molecule has 0 aromatic heterocycles. The molecule has 1 rings (SSSR count). The summed E-state index contributed by atoms with van der Waals surface area (Å²) >= 11 is 0. The molecule has 0 heterocycles. The van der Waals surface area contributed by atoms with Gasteiger partial charge in [0.1, 0.15) is 0 Å². The molecular weight excluding hydrogens is 288 g/mol. The first-order valence-corrected chi connectivity index (χ1v) is 9.17. The van der Waals surface area contributed by atoms with Crippen molar-refractivity contribution in [1.29, 1.82) is 0 Å². The first-order chi connectivity index (χ1) is 8.77. The minimum absolute atomic E-state index is 0.0120. The zero-order chi connectivity index (χ0) is 14.5. The second kappa shape index (κ2) is 6.49. The van der Waals surface area contributed by atoms with E-state index in [-0.39, 0.29) is 10.6 Å². The molecule has 0 amide bonds. The van der Waals surface area contributed by atoms with Crippen molar-refractivity contribution in [3.63, 3.8) is 0 Å². The highest BCUT2D eigenvalue weighted by atomic mass is 32.2. The van der Waals surface area contributed by atoms with E-state index >= 15 is 0 Å². The molecule has 0 saturated carbocycles. The summed E-state index contributed by atoms with van der Waals surface area (Å²) in [6.45, 7) is 2.03. The van der Waals surface area contributed by atoms with Crippen LogP contribution in [0, 0.1) is 0 Å². The third-order valence-electron chi connectivity index (χ3n) is 2.73. The Bertz CT molecular complexity index is 617. The summed E-state index contributed by atoms with van der Waals surface area (Å²) < 4.78 is 54.8. The second-order valence-corrected chi connectivity index (χ2v) is 7.86. The summed E-state index contributed by atoms with van der Waals surface area (Å²) in [4.78, 5) is -0.471. The lowest BCUT2D eigenvalue weighted by molar-refractivity contribution is 0.483.